The van der Waals surface area contributed by atoms with E-state index in [9.17, 15) is 18.0 Å². The SMILES string of the molecule is C/C=C(\C)NCNc1cccc(C(F)(F)F)n1.C/C=C\C(C)c1c(C(=O)NC(C)(C)C)cn2ncnc(N)c12.COC. The van der Waals surface area contributed by atoms with E-state index in [4.69, 9.17) is 5.73 Å². The first-order chi connectivity index (χ1) is 19.6. The van der Waals surface area contributed by atoms with E-state index in [1.807, 2.05) is 66.7 Å². The lowest BCUT2D eigenvalue weighted by Gasteiger charge is -2.21. The highest BCUT2D eigenvalue weighted by atomic mass is 19.4. The summed E-state index contributed by atoms with van der Waals surface area (Å²) in [7, 11) is 3.25. The van der Waals surface area contributed by atoms with E-state index in [0.717, 1.165) is 17.3 Å². The Balaban J connectivity index is 0.000000395. The van der Waals surface area contributed by atoms with E-state index in [1.165, 1.54) is 18.5 Å². The Hall–Kier alpha value is -4.13. The number of nitrogens with two attached hydrogens (primary N) is 1. The molecular formula is C29H43F3N8O2. The summed E-state index contributed by atoms with van der Waals surface area (Å²) < 4.78 is 42.9. The third kappa shape index (κ3) is 11.4. The van der Waals surface area contributed by atoms with E-state index < -0.39 is 11.9 Å². The molecule has 0 saturated heterocycles. The van der Waals surface area contributed by atoms with Gasteiger partial charge in [0.05, 0.1) is 12.2 Å². The predicted molar refractivity (Wildman–Crippen MR) is 161 cm³/mol. The fraction of sp³-hybridized carbons (Fsp3) is 0.448. The van der Waals surface area contributed by atoms with E-state index in [-0.39, 0.29) is 23.2 Å². The number of nitrogen functional groups attached to an aromatic ring is 1. The number of allylic oxidation sites excluding steroid dienone is 4. The molecule has 1 atom stereocenters. The van der Waals surface area contributed by atoms with Crippen LogP contribution < -0.4 is 21.7 Å². The number of fused-ring (bicyclic) bond motifs is 1. The monoisotopic (exact) mass is 592 g/mol. The Morgan fingerprint density at radius 1 is 1.19 bits per heavy atom. The Morgan fingerprint density at radius 3 is 2.38 bits per heavy atom. The third-order valence-corrected chi connectivity index (χ3v) is 5.42. The molecule has 5 N–H and O–H groups in total. The van der Waals surface area contributed by atoms with Crippen LogP contribution in [0.5, 0.6) is 0 Å². The van der Waals surface area contributed by atoms with Crippen molar-refractivity contribution in [1.82, 2.24) is 30.2 Å². The Morgan fingerprint density at radius 2 is 1.83 bits per heavy atom. The zero-order chi connectivity index (χ0) is 32.1. The lowest BCUT2D eigenvalue weighted by Crippen LogP contribution is -2.40. The molecular weight excluding hydrogens is 549 g/mol. The minimum atomic E-state index is -4.41. The molecule has 0 aliphatic rings. The van der Waals surface area contributed by atoms with Gasteiger partial charge in [-0.2, -0.15) is 18.3 Å². The van der Waals surface area contributed by atoms with Crippen LogP contribution in [0.4, 0.5) is 24.8 Å². The van der Waals surface area contributed by atoms with Crippen molar-refractivity contribution in [2.24, 2.45) is 0 Å². The average molecular weight is 593 g/mol. The quantitative estimate of drug-likeness (QED) is 0.201. The summed E-state index contributed by atoms with van der Waals surface area (Å²) >= 11 is 0. The highest BCUT2D eigenvalue weighted by molar-refractivity contribution is 5.99. The van der Waals surface area contributed by atoms with Crippen LogP contribution in [0.3, 0.4) is 0 Å². The summed E-state index contributed by atoms with van der Waals surface area (Å²) in [5.41, 5.74) is 7.83. The number of nitrogens with zero attached hydrogens (tertiary/aromatic N) is 4. The van der Waals surface area contributed by atoms with Crippen molar-refractivity contribution in [3.05, 3.63) is 71.5 Å². The summed E-state index contributed by atoms with van der Waals surface area (Å²) in [5.74, 6) is 0.458. The maximum Gasteiger partial charge on any atom is 0.433 e. The van der Waals surface area contributed by atoms with Crippen LogP contribution in [0.2, 0.25) is 0 Å². The number of amides is 1. The number of aromatic nitrogens is 4. The number of alkyl halides is 3. The predicted octanol–water partition coefficient (Wildman–Crippen LogP) is 5.77. The highest BCUT2D eigenvalue weighted by Crippen LogP contribution is 2.30. The van der Waals surface area contributed by atoms with Crippen LogP contribution in [0, 0.1) is 0 Å². The number of hydrogen-bond acceptors (Lipinski definition) is 8. The normalized spacial score (nSPS) is 12.6. The number of carbonyl (C=O) groups is 1. The molecule has 0 aliphatic carbocycles. The molecule has 0 aliphatic heterocycles. The van der Waals surface area contributed by atoms with Gasteiger partial charge in [0.25, 0.3) is 5.91 Å². The fourth-order valence-electron chi connectivity index (χ4n) is 3.56. The van der Waals surface area contributed by atoms with Crippen molar-refractivity contribution in [2.45, 2.75) is 66.1 Å². The largest absolute Gasteiger partial charge is 0.433 e. The molecule has 0 bridgehead atoms. The van der Waals surface area contributed by atoms with Gasteiger partial charge in [-0.15, -0.1) is 0 Å². The van der Waals surface area contributed by atoms with Crippen molar-refractivity contribution in [1.29, 1.82) is 0 Å². The molecule has 3 rings (SSSR count). The van der Waals surface area contributed by atoms with E-state index in [2.05, 4.69) is 35.8 Å². The van der Waals surface area contributed by atoms with E-state index in [0.29, 0.717) is 23.6 Å². The molecule has 13 heteroatoms. The maximum atomic E-state index is 12.6. The van der Waals surface area contributed by atoms with Crippen LogP contribution in [0.15, 0.2) is 54.6 Å². The van der Waals surface area contributed by atoms with E-state index in [1.54, 1.807) is 24.9 Å². The van der Waals surface area contributed by atoms with Crippen LogP contribution in [-0.4, -0.2) is 51.9 Å². The van der Waals surface area contributed by atoms with Gasteiger partial charge < -0.3 is 26.4 Å². The molecule has 1 amide bonds. The molecule has 0 saturated carbocycles. The first-order valence-corrected chi connectivity index (χ1v) is 13.2. The molecule has 0 radical (unpaired) electrons. The number of nitrogens with one attached hydrogen (secondary N) is 3. The number of carbonyl (C=O) groups excluding carboxylic acids is 1. The standard InChI is InChI=1S/C16H23N5O.C11H14F3N3.C2H6O/c1-6-7-10(2)12-11(15(22)20-16(3,4)5)8-21-13(12)14(17)18-9-19-21;1-3-8(2)15-7-16-10-6-4-5-9(17-10)11(12,13)14;1-3-2/h6-10H,1-5H3,(H,20,22)(H2,17,18,19);3-6,15H,7H2,1-2H3,(H,16,17);1-2H3/b7-6-;8-3+;. The van der Waals surface area contributed by atoms with Crippen LogP contribution >= 0.6 is 0 Å². The van der Waals surface area contributed by atoms with Crippen molar-refractivity contribution >= 4 is 23.1 Å². The highest BCUT2D eigenvalue weighted by Gasteiger charge is 2.32. The van der Waals surface area contributed by atoms with Crippen molar-refractivity contribution < 1.29 is 22.7 Å². The first-order valence-electron chi connectivity index (χ1n) is 13.2. The van der Waals surface area contributed by atoms with Gasteiger partial charge in [-0.1, -0.05) is 31.2 Å². The number of rotatable bonds is 7. The van der Waals surface area contributed by atoms with Gasteiger partial charge in [-0.25, -0.2) is 14.5 Å². The molecule has 0 spiro atoms. The second-order valence-corrected chi connectivity index (χ2v) is 10.2. The van der Waals surface area contributed by atoms with Gasteiger partial charge in [-0.3, -0.25) is 4.79 Å². The van der Waals surface area contributed by atoms with Crippen LogP contribution in [-0.2, 0) is 10.9 Å². The summed E-state index contributed by atoms with van der Waals surface area (Å²) in [6.45, 7) is 13.9. The molecule has 1 unspecified atom stereocenters. The van der Waals surface area contributed by atoms with Gasteiger partial charge in [-0.05, 0) is 53.7 Å². The molecule has 0 aromatic carbocycles. The fourth-order valence-corrected chi connectivity index (χ4v) is 3.56. The van der Waals surface area contributed by atoms with Gasteiger partial charge >= 0.3 is 6.18 Å². The minimum absolute atomic E-state index is 0.0315. The van der Waals surface area contributed by atoms with E-state index >= 15 is 0 Å². The Bertz CT molecular complexity index is 1340. The summed E-state index contributed by atoms with van der Waals surface area (Å²) in [4.78, 5) is 20.2. The lowest BCUT2D eigenvalue weighted by atomic mass is 9.96. The number of pyridine rings is 1. The molecule has 3 aromatic heterocycles. The summed E-state index contributed by atoms with van der Waals surface area (Å²) in [6, 6.07) is 3.75. The number of methoxy groups -OCH3 is 1. The average Bonchev–Trinajstić information content (AvgIpc) is 3.30. The number of halogens is 3. The number of ether oxygens (including phenoxy) is 1. The zero-order valence-electron chi connectivity index (χ0n) is 25.7. The number of hydrogen-bond donors (Lipinski definition) is 4. The third-order valence-electron chi connectivity index (χ3n) is 5.42. The first kappa shape index (κ1) is 35.9. The van der Waals surface area contributed by atoms with Crippen molar-refractivity contribution in [3.8, 4) is 0 Å². The van der Waals surface area contributed by atoms with Gasteiger partial charge in [0.15, 0.2) is 5.82 Å². The molecule has 42 heavy (non-hydrogen) atoms. The van der Waals surface area contributed by atoms with Gasteiger partial charge in [0, 0.05) is 43.1 Å². The van der Waals surface area contributed by atoms with Crippen LogP contribution in [0.25, 0.3) is 5.52 Å². The smallest absolute Gasteiger partial charge is 0.388 e. The van der Waals surface area contributed by atoms with Gasteiger partial charge in [0.2, 0.25) is 0 Å². The Kier molecular flexibility index (Phi) is 14.0. The minimum Gasteiger partial charge on any atom is -0.388 e. The van der Waals surface area contributed by atoms with Gasteiger partial charge in [0.1, 0.15) is 23.4 Å². The molecule has 3 heterocycles. The maximum absolute atomic E-state index is 12.6. The van der Waals surface area contributed by atoms with Crippen LogP contribution in [0.1, 0.15) is 76.0 Å². The molecule has 3 aromatic rings. The molecule has 10 nitrogen and oxygen atoms in total. The zero-order valence-corrected chi connectivity index (χ0v) is 25.7. The second kappa shape index (κ2) is 16.3. The lowest BCUT2D eigenvalue weighted by molar-refractivity contribution is -0.141. The summed E-state index contributed by atoms with van der Waals surface area (Å²) in [5, 5.41) is 12.9. The summed E-state index contributed by atoms with van der Waals surface area (Å²) in [6.07, 6.45) is 4.53. The molecule has 232 valence electrons. The topological polar surface area (TPSA) is 131 Å². The number of anilines is 2. The Labute approximate surface area is 245 Å². The van der Waals surface area contributed by atoms with Crippen molar-refractivity contribution in [3.63, 3.8) is 0 Å². The molecule has 0 fully saturated rings. The van der Waals surface area contributed by atoms with Crippen molar-refractivity contribution in [2.75, 3.05) is 31.9 Å². The second-order valence-electron chi connectivity index (χ2n) is 10.2.